The van der Waals surface area contributed by atoms with Crippen molar-refractivity contribution in [3.8, 4) is 11.5 Å². The summed E-state index contributed by atoms with van der Waals surface area (Å²) in [5.74, 6) is 3.38. The van der Waals surface area contributed by atoms with E-state index in [4.69, 9.17) is 9.47 Å². The zero-order chi connectivity index (χ0) is 20.6. The summed E-state index contributed by atoms with van der Waals surface area (Å²) in [6, 6.07) is 6.03. The zero-order valence-corrected chi connectivity index (χ0v) is 21.2. The number of aryl methyl sites for hydroxylation is 1. The minimum atomic E-state index is 0. The average molecular weight is 546 g/mol. The quantitative estimate of drug-likeness (QED) is 0.325. The highest BCUT2D eigenvalue weighted by Crippen LogP contribution is 2.27. The third kappa shape index (κ3) is 6.10. The van der Waals surface area contributed by atoms with Crippen LogP contribution in [0, 0.1) is 0 Å². The molecular formula is C20H31IN6O2S. The monoisotopic (exact) mass is 546 g/mol. The first-order valence-corrected chi connectivity index (χ1v) is 10.7. The molecule has 2 heterocycles. The highest BCUT2D eigenvalue weighted by atomic mass is 127. The normalized spacial score (nSPS) is 14.3. The van der Waals surface area contributed by atoms with Gasteiger partial charge in [0, 0.05) is 57.7 Å². The molecule has 1 aliphatic heterocycles. The molecular weight excluding hydrogens is 515 g/mol. The number of aromatic nitrogens is 2. The van der Waals surface area contributed by atoms with Crippen LogP contribution in [0.1, 0.15) is 18.3 Å². The molecule has 1 aromatic carbocycles. The van der Waals surface area contributed by atoms with Crippen molar-refractivity contribution in [2.24, 2.45) is 4.99 Å². The summed E-state index contributed by atoms with van der Waals surface area (Å²) >= 11 is 1.49. The highest BCUT2D eigenvalue weighted by molar-refractivity contribution is 14.0. The van der Waals surface area contributed by atoms with Gasteiger partial charge in [0.1, 0.15) is 5.82 Å². The number of nitrogens with zero attached hydrogens (tertiary/aromatic N) is 5. The van der Waals surface area contributed by atoms with Crippen LogP contribution in [0.25, 0.3) is 0 Å². The van der Waals surface area contributed by atoms with E-state index >= 15 is 0 Å². The van der Waals surface area contributed by atoms with E-state index in [9.17, 15) is 0 Å². The van der Waals surface area contributed by atoms with Gasteiger partial charge in [-0.2, -0.15) is 4.37 Å². The Bertz CT molecular complexity index is 823. The molecule has 0 bridgehead atoms. The summed E-state index contributed by atoms with van der Waals surface area (Å²) in [5, 5.41) is 4.51. The largest absolute Gasteiger partial charge is 0.493 e. The van der Waals surface area contributed by atoms with Gasteiger partial charge in [0.05, 0.1) is 14.2 Å². The third-order valence-electron chi connectivity index (χ3n) is 4.98. The van der Waals surface area contributed by atoms with Crippen LogP contribution in [-0.2, 0) is 12.8 Å². The smallest absolute Gasteiger partial charge is 0.205 e. The van der Waals surface area contributed by atoms with Gasteiger partial charge >= 0.3 is 0 Å². The Kier molecular flexibility index (Phi) is 9.89. The predicted molar refractivity (Wildman–Crippen MR) is 133 cm³/mol. The number of rotatable bonds is 7. The van der Waals surface area contributed by atoms with E-state index in [0.717, 1.165) is 74.0 Å². The SMILES string of the molecule is CCc1nsc(N2CCN(C(=NC)NCCc3ccc(OC)c(OC)c3)CC2)n1.I. The molecule has 3 rings (SSSR count). The average Bonchev–Trinajstić information content (AvgIpc) is 3.26. The Hall–Kier alpha value is -1.82. The Morgan fingerprint density at radius 2 is 1.90 bits per heavy atom. The number of hydrogen-bond donors (Lipinski definition) is 1. The lowest BCUT2D eigenvalue weighted by atomic mass is 10.1. The second-order valence-corrected chi connectivity index (χ2v) is 7.46. The molecule has 8 nitrogen and oxygen atoms in total. The molecule has 1 aromatic heterocycles. The van der Waals surface area contributed by atoms with E-state index in [1.54, 1.807) is 14.2 Å². The first kappa shape index (κ1) is 24.4. The number of anilines is 1. The number of benzene rings is 1. The second kappa shape index (κ2) is 12.1. The van der Waals surface area contributed by atoms with Crippen LogP contribution in [0.2, 0.25) is 0 Å². The lowest BCUT2D eigenvalue weighted by Gasteiger charge is -2.36. The molecule has 0 atom stereocenters. The second-order valence-electron chi connectivity index (χ2n) is 6.73. The fourth-order valence-electron chi connectivity index (χ4n) is 3.31. The van der Waals surface area contributed by atoms with Gasteiger partial charge in [-0.1, -0.05) is 13.0 Å². The zero-order valence-electron chi connectivity index (χ0n) is 18.1. The molecule has 1 fully saturated rings. The molecule has 0 amide bonds. The topological polar surface area (TPSA) is 75.1 Å². The van der Waals surface area contributed by atoms with Crippen LogP contribution in [0.3, 0.4) is 0 Å². The van der Waals surface area contributed by atoms with Gasteiger partial charge in [-0.25, -0.2) is 4.98 Å². The fourth-order valence-corrected chi connectivity index (χ4v) is 4.11. The molecule has 0 radical (unpaired) electrons. The molecule has 166 valence electrons. The van der Waals surface area contributed by atoms with E-state index in [2.05, 4.69) is 42.5 Å². The molecule has 1 N–H and O–H groups in total. The van der Waals surface area contributed by atoms with E-state index in [-0.39, 0.29) is 24.0 Å². The Morgan fingerprint density at radius 3 is 2.50 bits per heavy atom. The van der Waals surface area contributed by atoms with Crippen LogP contribution < -0.4 is 19.7 Å². The third-order valence-corrected chi connectivity index (χ3v) is 5.79. The number of guanidine groups is 1. The maximum Gasteiger partial charge on any atom is 0.205 e. The highest BCUT2D eigenvalue weighted by Gasteiger charge is 2.21. The van der Waals surface area contributed by atoms with Crippen molar-refractivity contribution in [2.75, 3.05) is 58.9 Å². The first-order chi connectivity index (χ1) is 14.2. The van der Waals surface area contributed by atoms with Crippen LogP contribution in [0.4, 0.5) is 5.13 Å². The van der Waals surface area contributed by atoms with E-state index in [1.165, 1.54) is 17.1 Å². The standard InChI is InChI=1S/C20H30N6O2S.HI/c1-5-18-23-20(29-24-18)26-12-10-25(11-13-26)19(21-2)22-9-8-15-6-7-16(27-3)17(14-15)28-4;/h6-7,14H,5,8-13H2,1-4H3,(H,21,22);1H. The Labute approximate surface area is 199 Å². The lowest BCUT2D eigenvalue weighted by Crippen LogP contribution is -2.52. The first-order valence-electron chi connectivity index (χ1n) is 9.92. The number of piperazine rings is 1. The van der Waals surface area contributed by atoms with E-state index < -0.39 is 0 Å². The number of nitrogens with one attached hydrogen (secondary N) is 1. The Morgan fingerprint density at radius 1 is 1.17 bits per heavy atom. The van der Waals surface area contributed by atoms with Gasteiger partial charge in [-0.05, 0) is 24.1 Å². The summed E-state index contributed by atoms with van der Waals surface area (Å²) in [6.45, 7) is 6.57. The molecule has 0 saturated carbocycles. The van der Waals surface area contributed by atoms with Gasteiger partial charge in [0.25, 0.3) is 0 Å². The molecule has 0 unspecified atom stereocenters. The van der Waals surface area contributed by atoms with Crippen LogP contribution in [0.15, 0.2) is 23.2 Å². The van der Waals surface area contributed by atoms with Gasteiger partial charge in [0.2, 0.25) is 5.13 Å². The fraction of sp³-hybridized carbons (Fsp3) is 0.550. The van der Waals surface area contributed by atoms with Crippen LogP contribution in [-0.4, -0.2) is 74.2 Å². The summed E-state index contributed by atoms with van der Waals surface area (Å²) in [7, 11) is 5.14. The van der Waals surface area contributed by atoms with Gasteiger partial charge < -0.3 is 24.6 Å². The number of halogens is 1. The molecule has 2 aromatic rings. The molecule has 10 heteroatoms. The lowest BCUT2D eigenvalue weighted by molar-refractivity contribution is 0.354. The van der Waals surface area contributed by atoms with Crippen molar-refractivity contribution in [3.05, 3.63) is 29.6 Å². The summed E-state index contributed by atoms with van der Waals surface area (Å²) in [6.07, 6.45) is 1.76. The number of ether oxygens (including phenoxy) is 2. The maximum absolute atomic E-state index is 5.39. The van der Waals surface area contributed by atoms with Crippen molar-refractivity contribution >= 4 is 46.6 Å². The van der Waals surface area contributed by atoms with Crippen molar-refractivity contribution in [1.82, 2.24) is 19.6 Å². The number of aliphatic imine (C=N–C) groups is 1. The van der Waals surface area contributed by atoms with Crippen molar-refractivity contribution in [1.29, 1.82) is 0 Å². The van der Waals surface area contributed by atoms with Crippen molar-refractivity contribution < 1.29 is 9.47 Å². The van der Waals surface area contributed by atoms with Crippen molar-refractivity contribution in [2.45, 2.75) is 19.8 Å². The summed E-state index contributed by atoms with van der Waals surface area (Å²) in [4.78, 5) is 13.7. The van der Waals surface area contributed by atoms with Gasteiger partial charge in [-0.3, -0.25) is 4.99 Å². The van der Waals surface area contributed by atoms with Crippen LogP contribution in [0.5, 0.6) is 11.5 Å². The van der Waals surface area contributed by atoms with E-state index in [1.807, 2.05) is 19.2 Å². The Balaban J connectivity index is 0.00000320. The summed E-state index contributed by atoms with van der Waals surface area (Å²) in [5.41, 5.74) is 1.19. The maximum atomic E-state index is 5.39. The molecule has 0 spiro atoms. The minimum Gasteiger partial charge on any atom is -0.493 e. The number of methoxy groups -OCH3 is 2. The molecule has 1 aliphatic rings. The predicted octanol–water partition coefficient (Wildman–Crippen LogP) is 2.68. The van der Waals surface area contributed by atoms with Gasteiger partial charge in [0.15, 0.2) is 17.5 Å². The number of hydrogen-bond acceptors (Lipinski definition) is 7. The van der Waals surface area contributed by atoms with Gasteiger partial charge in [-0.15, -0.1) is 24.0 Å². The minimum absolute atomic E-state index is 0. The molecule has 0 aliphatic carbocycles. The summed E-state index contributed by atoms with van der Waals surface area (Å²) < 4.78 is 15.1. The van der Waals surface area contributed by atoms with Crippen LogP contribution >= 0.6 is 35.5 Å². The molecule has 30 heavy (non-hydrogen) atoms. The van der Waals surface area contributed by atoms with E-state index in [0.29, 0.717) is 0 Å². The molecule has 1 saturated heterocycles. The van der Waals surface area contributed by atoms with Crippen molar-refractivity contribution in [3.63, 3.8) is 0 Å².